The Morgan fingerprint density at radius 2 is 1.88 bits per heavy atom. The van der Waals surface area contributed by atoms with E-state index in [0.717, 1.165) is 9.46 Å². The van der Waals surface area contributed by atoms with E-state index in [4.69, 9.17) is 0 Å². The molecule has 7 nitrogen and oxygen atoms in total. The standard InChI is InChI=1S/C17H16N4O3S/c1-20-14-11(16(23)21(2)17(20)24)8-10(9-18-14)15(22)19-12-6-4-5-7-13(12)25-3/h4-9H,1-3H3,(H,19,22). The van der Waals surface area contributed by atoms with Gasteiger partial charge in [-0.2, -0.15) is 0 Å². The molecule has 0 bridgehead atoms. The van der Waals surface area contributed by atoms with Gasteiger partial charge in [-0.05, 0) is 24.5 Å². The van der Waals surface area contributed by atoms with Crippen LogP contribution in [0.2, 0.25) is 0 Å². The van der Waals surface area contributed by atoms with Crippen molar-refractivity contribution in [1.29, 1.82) is 0 Å². The largest absolute Gasteiger partial charge is 0.332 e. The lowest BCUT2D eigenvalue weighted by atomic mass is 10.2. The molecule has 1 N–H and O–H groups in total. The number of benzene rings is 1. The van der Waals surface area contributed by atoms with Crippen molar-refractivity contribution in [1.82, 2.24) is 14.1 Å². The highest BCUT2D eigenvalue weighted by molar-refractivity contribution is 7.98. The van der Waals surface area contributed by atoms with Crippen LogP contribution in [0.5, 0.6) is 0 Å². The zero-order chi connectivity index (χ0) is 18.1. The molecule has 3 rings (SSSR count). The number of anilines is 1. The second kappa shape index (κ2) is 6.56. The third kappa shape index (κ3) is 2.96. The predicted molar refractivity (Wildman–Crippen MR) is 98.4 cm³/mol. The number of carbonyl (C=O) groups excluding carboxylic acids is 1. The summed E-state index contributed by atoms with van der Waals surface area (Å²) in [7, 11) is 2.93. The molecule has 0 saturated carbocycles. The summed E-state index contributed by atoms with van der Waals surface area (Å²) in [4.78, 5) is 41.8. The number of aromatic nitrogens is 3. The molecule has 0 fully saturated rings. The summed E-state index contributed by atoms with van der Waals surface area (Å²) in [6.45, 7) is 0. The summed E-state index contributed by atoms with van der Waals surface area (Å²) in [6, 6.07) is 8.90. The number of pyridine rings is 1. The molecule has 128 valence electrons. The Balaban J connectivity index is 2.06. The molecule has 0 saturated heterocycles. The van der Waals surface area contributed by atoms with Crippen molar-refractivity contribution >= 4 is 34.4 Å². The minimum absolute atomic E-state index is 0.218. The highest BCUT2D eigenvalue weighted by atomic mass is 32.2. The van der Waals surface area contributed by atoms with E-state index < -0.39 is 11.2 Å². The number of thioether (sulfide) groups is 1. The van der Waals surface area contributed by atoms with Crippen LogP contribution in [-0.4, -0.2) is 26.3 Å². The fourth-order valence-corrected chi connectivity index (χ4v) is 3.09. The molecule has 8 heteroatoms. The van der Waals surface area contributed by atoms with Gasteiger partial charge in [0.05, 0.1) is 16.6 Å². The van der Waals surface area contributed by atoms with Gasteiger partial charge in [0.2, 0.25) is 0 Å². The average molecular weight is 356 g/mol. The number of hydrogen-bond donors (Lipinski definition) is 1. The summed E-state index contributed by atoms with van der Waals surface area (Å²) >= 11 is 1.52. The number of nitrogens with one attached hydrogen (secondary N) is 1. The van der Waals surface area contributed by atoms with E-state index in [1.54, 1.807) is 6.07 Å². The van der Waals surface area contributed by atoms with Crippen LogP contribution in [0.4, 0.5) is 5.69 Å². The normalized spacial score (nSPS) is 10.8. The molecule has 0 aliphatic heterocycles. The first-order valence-corrected chi connectivity index (χ1v) is 8.66. The van der Waals surface area contributed by atoms with Crippen molar-refractivity contribution in [3.63, 3.8) is 0 Å². The molecular weight excluding hydrogens is 340 g/mol. The van der Waals surface area contributed by atoms with Gasteiger partial charge in [0.15, 0.2) is 0 Å². The Hall–Kier alpha value is -2.87. The van der Waals surface area contributed by atoms with E-state index in [0.29, 0.717) is 5.69 Å². The molecule has 2 aromatic heterocycles. The van der Waals surface area contributed by atoms with Crippen LogP contribution >= 0.6 is 11.8 Å². The van der Waals surface area contributed by atoms with E-state index in [9.17, 15) is 14.4 Å². The SMILES string of the molecule is CSc1ccccc1NC(=O)c1cnc2c(c1)c(=O)n(C)c(=O)n2C. The molecule has 0 spiro atoms. The van der Waals surface area contributed by atoms with Crippen LogP contribution in [0.3, 0.4) is 0 Å². The Morgan fingerprint density at radius 1 is 1.16 bits per heavy atom. The van der Waals surface area contributed by atoms with Gasteiger partial charge in [0, 0.05) is 25.2 Å². The fraction of sp³-hybridized carbons (Fsp3) is 0.176. The minimum atomic E-state index is -0.482. The summed E-state index contributed by atoms with van der Waals surface area (Å²) in [5.41, 5.74) is 0.239. The maximum absolute atomic E-state index is 12.5. The summed E-state index contributed by atoms with van der Waals surface area (Å²) in [5, 5.41) is 3.04. The Morgan fingerprint density at radius 3 is 2.60 bits per heavy atom. The highest BCUT2D eigenvalue weighted by Crippen LogP contribution is 2.25. The number of aryl methyl sites for hydroxylation is 1. The third-order valence-corrected chi connectivity index (χ3v) is 4.71. The van der Waals surface area contributed by atoms with Gasteiger partial charge in [-0.1, -0.05) is 12.1 Å². The van der Waals surface area contributed by atoms with E-state index in [1.165, 1.54) is 42.7 Å². The van der Waals surface area contributed by atoms with Gasteiger partial charge < -0.3 is 5.32 Å². The van der Waals surface area contributed by atoms with Crippen molar-refractivity contribution in [3.05, 3.63) is 62.9 Å². The van der Waals surface area contributed by atoms with Gasteiger partial charge in [0.1, 0.15) is 5.65 Å². The first kappa shape index (κ1) is 17.0. The van der Waals surface area contributed by atoms with E-state index in [-0.39, 0.29) is 22.5 Å². The lowest BCUT2D eigenvalue weighted by molar-refractivity contribution is 0.102. The topological polar surface area (TPSA) is 86.0 Å². The fourth-order valence-electron chi connectivity index (χ4n) is 2.53. The van der Waals surface area contributed by atoms with Crippen LogP contribution < -0.4 is 16.6 Å². The molecule has 1 amide bonds. The zero-order valence-corrected chi connectivity index (χ0v) is 14.8. The number of nitrogens with zero attached hydrogens (tertiary/aromatic N) is 3. The molecule has 3 aromatic rings. The number of para-hydroxylation sites is 1. The molecular formula is C17H16N4O3S. The summed E-state index contributed by atoms with van der Waals surface area (Å²) in [5.74, 6) is -0.369. The van der Waals surface area contributed by atoms with Gasteiger partial charge in [0.25, 0.3) is 11.5 Å². The van der Waals surface area contributed by atoms with Crippen LogP contribution in [0.25, 0.3) is 11.0 Å². The van der Waals surface area contributed by atoms with Gasteiger partial charge in [-0.3, -0.25) is 18.7 Å². The molecule has 25 heavy (non-hydrogen) atoms. The highest BCUT2D eigenvalue weighted by Gasteiger charge is 2.14. The first-order valence-electron chi connectivity index (χ1n) is 7.44. The Bertz CT molecular complexity index is 1100. The monoisotopic (exact) mass is 356 g/mol. The average Bonchev–Trinajstić information content (AvgIpc) is 2.64. The van der Waals surface area contributed by atoms with Crippen molar-refractivity contribution in [2.75, 3.05) is 11.6 Å². The minimum Gasteiger partial charge on any atom is -0.321 e. The van der Waals surface area contributed by atoms with Crippen molar-refractivity contribution in [3.8, 4) is 0 Å². The molecule has 0 aliphatic carbocycles. The van der Waals surface area contributed by atoms with Gasteiger partial charge in [-0.25, -0.2) is 9.78 Å². The number of rotatable bonds is 3. The Labute approximate surface area is 147 Å². The maximum atomic E-state index is 12.5. The molecule has 2 heterocycles. The lowest BCUT2D eigenvalue weighted by Gasteiger charge is -2.10. The summed E-state index contributed by atoms with van der Waals surface area (Å²) in [6.07, 6.45) is 3.28. The maximum Gasteiger partial charge on any atom is 0.332 e. The quantitative estimate of drug-likeness (QED) is 0.721. The number of fused-ring (bicyclic) bond motifs is 1. The number of hydrogen-bond acceptors (Lipinski definition) is 5. The van der Waals surface area contributed by atoms with Crippen LogP contribution in [0, 0.1) is 0 Å². The van der Waals surface area contributed by atoms with Crippen molar-refractivity contribution in [2.45, 2.75) is 4.90 Å². The predicted octanol–water partition coefficient (Wildman–Crippen LogP) is 1.61. The molecule has 0 radical (unpaired) electrons. The number of carbonyl (C=O) groups is 1. The van der Waals surface area contributed by atoms with Crippen LogP contribution in [-0.2, 0) is 14.1 Å². The van der Waals surface area contributed by atoms with Gasteiger partial charge >= 0.3 is 5.69 Å². The molecule has 0 aliphatic rings. The zero-order valence-electron chi connectivity index (χ0n) is 13.9. The second-order valence-electron chi connectivity index (χ2n) is 5.46. The molecule has 0 atom stereocenters. The first-order chi connectivity index (χ1) is 11.9. The summed E-state index contributed by atoms with van der Waals surface area (Å²) < 4.78 is 2.27. The van der Waals surface area contributed by atoms with E-state index >= 15 is 0 Å². The second-order valence-corrected chi connectivity index (χ2v) is 6.30. The van der Waals surface area contributed by atoms with Crippen LogP contribution in [0.1, 0.15) is 10.4 Å². The lowest BCUT2D eigenvalue weighted by Crippen LogP contribution is -2.37. The van der Waals surface area contributed by atoms with Crippen LogP contribution in [0.15, 0.2) is 51.0 Å². The smallest absolute Gasteiger partial charge is 0.321 e. The molecule has 1 aromatic carbocycles. The van der Waals surface area contributed by atoms with Gasteiger partial charge in [-0.15, -0.1) is 11.8 Å². The third-order valence-electron chi connectivity index (χ3n) is 3.91. The Kier molecular flexibility index (Phi) is 4.45. The van der Waals surface area contributed by atoms with Crippen molar-refractivity contribution in [2.24, 2.45) is 14.1 Å². The molecule has 0 unspecified atom stereocenters. The van der Waals surface area contributed by atoms with E-state index in [1.807, 2.05) is 24.5 Å². The van der Waals surface area contributed by atoms with Crippen molar-refractivity contribution < 1.29 is 4.79 Å². The number of amides is 1. The van der Waals surface area contributed by atoms with E-state index in [2.05, 4.69) is 10.3 Å².